The van der Waals surface area contributed by atoms with Crippen LogP contribution in [0, 0.1) is 0 Å². The molecule has 0 atom stereocenters. The van der Waals surface area contributed by atoms with Crippen molar-refractivity contribution in [1.82, 2.24) is 4.90 Å². The maximum absolute atomic E-state index is 2.30. The van der Waals surface area contributed by atoms with Gasteiger partial charge in [0, 0.05) is 19.3 Å². The average Bonchev–Trinajstić information content (AvgIpc) is 2.27. The summed E-state index contributed by atoms with van der Waals surface area (Å²) in [5, 5.41) is 0. The molecule has 0 saturated carbocycles. The molecular formula is C14H17N. The van der Waals surface area contributed by atoms with E-state index in [4.69, 9.17) is 0 Å². The Labute approximate surface area is 91.7 Å². The van der Waals surface area contributed by atoms with Crippen LogP contribution >= 0.6 is 0 Å². The maximum Gasteiger partial charge on any atom is 0.0362 e. The van der Waals surface area contributed by atoms with E-state index in [2.05, 4.69) is 62.2 Å². The van der Waals surface area contributed by atoms with Crippen LogP contribution in [-0.4, -0.2) is 18.5 Å². The highest BCUT2D eigenvalue weighted by Gasteiger charge is 2.13. The molecule has 2 rings (SSSR count). The molecule has 0 bridgehead atoms. The van der Waals surface area contributed by atoms with Crippen molar-refractivity contribution in [1.29, 1.82) is 0 Å². The van der Waals surface area contributed by atoms with Gasteiger partial charge in [0.25, 0.3) is 0 Å². The highest BCUT2D eigenvalue weighted by molar-refractivity contribution is 5.80. The summed E-state index contributed by atoms with van der Waals surface area (Å²) in [6, 6.07) is 10.6. The van der Waals surface area contributed by atoms with Crippen molar-refractivity contribution in [2.24, 2.45) is 0 Å². The Morgan fingerprint density at radius 2 is 1.73 bits per heavy atom. The van der Waals surface area contributed by atoms with Gasteiger partial charge in [-0.05, 0) is 30.6 Å². The molecule has 0 radical (unpaired) electrons. The molecule has 1 heterocycles. The lowest BCUT2D eigenvalue weighted by Gasteiger charge is -2.27. The number of rotatable bonds is 1. The molecule has 0 aromatic heterocycles. The molecule has 1 aliphatic rings. The summed E-state index contributed by atoms with van der Waals surface area (Å²) in [4.78, 5) is 2.28. The maximum atomic E-state index is 2.30. The van der Waals surface area contributed by atoms with Crippen LogP contribution in [-0.2, 0) is 0 Å². The first kappa shape index (κ1) is 10.0. The molecule has 0 saturated heterocycles. The minimum Gasteiger partial charge on any atom is -0.374 e. The van der Waals surface area contributed by atoms with E-state index in [-0.39, 0.29) is 0 Å². The van der Waals surface area contributed by atoms with Crippen LogP contribution in [0.3, 0.4) is 0 Å². The third-order valence-electron chi connectivity index (χ3n) is 3.17. The van der Waals surface area contributed by atoms with Gasteiger partial charge in [0.05, 0.1) is 0 Å². The van der Waals surface area contributed by atoms with Gasteiger partial charge < -0.3 is 4.90 Å². The Balaban J connectivity index is 2.41. The number of hydrogen-bond acceptors (Lipinski definition) is 1. The number of benzene rings is 1. The lowest BCUT2D eigenvalue weighted by atomic mass is 9.95. The van der Waals surface area contributed by atoms with Gasteiger partial charge in [0.2, 0.25) is 0 Å². The van der Waals surface area contributed by atoms with E-state index in [1.54, 1.807) is 0 Å². The summed E-state index contributed by atoms with van der Waals surface area (Å²) in [7, 11) is 2.14. The molecule has 0 spiro atoms. The van der Waals surface area contributed by atoms with Crippen LogP contribution in [0.4, 0.5) is 0 Å². The monoisotopic (exact) mass is 199 g/mol. The fourth-order valence-electron chi connectivity index (χ4n) is 1.95. The topological polar surface area (TPSA) is 3.24 Å². The highest BCUT2D eigenvalue weighted by Crippen LogP contribution is 2.29. The quantitative estimate of drug-likeness (QED) is 0.670. The number of nitrogens with zero attached hydrogens (tertiary/aromatic N) is 1. The Hall–Kier alpha value is -1.50. The lowest BCUT2D eigenvalue weighted by Crippen LogP contribution is -2.21. The number of likely N-dealkylation sites (N-methyl/N-ethyl adjacent to an activating group) is 1. The van der Waals surface area contributed by atoms with Crippen LogP contribution in [0.15, 0.2) is 47.7 Å². The Kier molecular flexibility index (Phi) is 2.63. The van der Waals surface area contributed by atoms with Gasteiger partial charge in [-0.15, -0.1) is 0 Å². The molecule has 0 N–H and O–H groups in total. The summed E-state index contributed by atoms with van der Waals surface area (Å²) in [5.74, 6) is 0. The first-order valence-corrected chi connectivity index (χ1v) is 5.34. The van der Waals surface area contributed by atoms with Crippen LogP contribution in [0.2, 0.25) is 0 Å². The predicted octanol–water partition coefficient (Wildman–Crippen LogP) is 3.31. The van der Waals surface area contributed by atoms with Crippen molar-refractivity contribution < 1.29 is 0 Å². The Morgan fingerprint density at radius 1 is 1.07 bits per heavy atom. The summed E-state index contributed by atoms with van der Waals surface area (Å²) in [6.07, 6.45) is 2.30. The fraction of sp³-hybridized carbons (Fsp3) is 0.286. The van der Waals surface area contributed by atoms with Gasteiger partial charge in [-0.2, -0.15) is 0 Å². The number of allylic oxidation sites excluding steroid dienone is 3. The Morgan fingerprint density at radius 3 is 2.40 bits per heavy atom. The van der Waals surface area contributed by atoms with Gasteiger partial charge in [0.15, 0.2) is 0 Å². The fourth-order valence-corrected chi connectivity index (χ4v) is 1.95. The van der Waals surface area contributed by atoms with Crippen molar-refractivity contribution in [3.8, 4) is 0 Å². The standard InChI is InChI=1S/C14H17N/c1-11-12(2)15(3)10-9-14(11)13-7-5-4-6-8-13/h4-9H,10H2,1-3H3. The van der Waals surface area contributed by atoms with Gasteiger partial charge in [-0.1, -0.05) is 36.4 Å². The van der Waals surface area contributed by atoms with E-state index < -0.39 is 0 Å². The summed E-state index contributed by atoms with van der Waals surface area (Å²) in [5.41, 5.74) is 5.46. The van der Waals surface area contributed by atoms with E-state index in [1.807, 2.05) is 0 Å². The summed E-state index contributed by atoms with van der Waals surface area (Å²) >= 11 is 0. The molecule has 0 unspecified atom stereocenters. The molecule has 78 valence electrons. The molecule has 0 aliphatic carbocycles. The second kappa shape index (κ2) is 3.93. The Bertz CT molecular complexity index is 412. The van der Waals surface area contributed by atoms with Crippen LogP contribution in [0.5, 0.6) is 0 Å². The smallest absolute Gasteiger partial charge is 0.0362 e. The van der Waals surface area contributed by atoms with E-state index in [0.29, 0.717) is 0 Å². The average molecular weight is 199 g/mol. The predicted molar refractivity (Wildman–Crippen MR) is 65.4 cm³/mol. The van der Waals surface area contributed by atoms with Crippen molar-refractivity contribution in [2.45, 2.75) is 13.8 Å². The molecule has 0 amide bonds. The minimum atomic E-state index is 1.01. The number of hydrogen-bond donors (Lipinski definition) is 0. The van der Waals surface area contributed by atoms with Crippen LogP contribution in [0.1, 0.15) is 19.4 Å². The van der Waals surface area contributed by atoms with E-state index in [0.717, 1.165) is 6.54 Å². The second-order valence-corrected chi connectivity index (χ2v) is 4.07. The lowest BCUT2D eigenvalue weighted by molar-refractivity contribution is 0.457. The highest BCUT2D eigenvalue weighted by atomic mass is 15.1. The van der Waals surface area contributed by atoms with Gasteiger partial charge in [0.1, 0.15) is 0 Å². The van der Waals surface area contributed by atoms with E-state index >= 15 is 0 Å². The van der Waals surface area contributed by atoms with Crippen LogP contribution < -0.4 is 0 Å². The summed E-state index contributed by atoms with van der Waals surface area (Å²) in [6.45, 7) is 5.39. The van der Waals surface area contributed by atoms with Crippen molar-refractivity contribution in [3.63, 3.8) is 0 Å². The first-order valence-electron chi connectivity index (χ1n) is 5.34. The SMILES string of the molecule is CC1=C(C)N(C)CC=C1c1ccccc1. The zero-order valence-corrected chi connectivity index (χ0v) is 9.62. The van der Waals surface area contributed by atoms with Crippen molar-refractivity contribution >= 4 is 5.57 Å². The van der Waals surface area contributed by atoms with Crippen molar-refractivity contribution in [2.75, 3.05) is 13.6 Å². The zero-order valence-electron chi connectivity index (χ0n) is 9.62. The normalized spacial score (nSPS) is 16.7. The summed E-state index contributed by atoms with van der Waals surface area (Å²) < 4.78 is 0. The first-order chi connectivity index (χ1) is 7.20. The minimum absolute atomic E-state index is 1.01. The van der Waals surface area contributed by atoms with Gasteiger partial charge in [-0.25, -0.2) is 0 Å². The molecule has 1 nitrogen and oxygen atoms in total. The van der Waals surface area contributed by atoms with Crippen LogP contribution in [0.25, 0.3) is 5.57 Å². The third kappa shape index (κ3) is 1.82. The molecule has 1 aliphatic heterocycles. The molecule has 1 heteroatoms. The molecule has 1 aromatic carbocycles. The molecule has 0 fully saturated rings. The molecular weight excluding hydrogens is 182 g/mol. The molecule has 1 aromatic rings. The molecule has 15 heavy (non-hydrogen) atoms. The van der Waals surface area contributed by atoms with E-state index in [9.17, 15) is 0 Å². The van der Waals surface area contributed by atoms with Crippen molar-refractivity contribution in [3.05, 3.63) is 53.2 Å². The second-order valence-electron chi connectivity index (χ2n) is 4.07. The van der Waals surface area contributed by atoms with Gasteiger partial charge in [-0.3, -0.25) is 0 Å². The van der Waals surface area contributed by atoms with E-state index in [1.165, 1.54) is 22.4 Å². The third-order valence-corrected chi connectivity index (χ3v) is 3.17. The van der Waals surface area contributed by atoms with Gasteiger partial charge >= 0.3 is 0 Å². The zero-order chi connectivity index (χ0) is 10.8. The largest absolute Gasteiger partial charge is 0.374 e.